The van der Waals surface area contributed by atoms with Gasteiger partial charge in [0.2, 0.25) is 17.7 Å². The molecule has 0 spiro atoms. The van der Waals surface area contributed by atoms with E-state index in [4.69, 9.17) is 9.47 Å². The molecule has 0 radical (unpaired) electrons. The van der Waals surface area contributed by atoms with Crippen molar-refractivity contribution in [2.24, 2.45) is 23.7 Å². The quantitative estimate of drug-likeness (QED) is 0.371. The number of rotatable bonds is 12. The van der Waals surface area contributed by atoms with Gasteiger partial charge < -0.3 is 25.0 Å². The zero-order chi connectivity index (χ0) is 30.8. The summed E-state index contributed by atoms with van der Waals surface area (Å²) in [7, 11) is 1.62. The maximum absolute atomic E-state index is 13.7. The second-order valence-corrected chi connectivity index (χ2v) is 12.7. The van der Waals surface area contributed by atoms with Crippen molar-refractivity contribution in [1.29, 1.82) is 0 Å². The van der Waals surface area contributed by atoms with Gasteiger partial charge in [-0.1, -0.05) is 69.7 Å². The Balaban J connectivity index is 1.31. The Morgan fingerprint density at radius 2 is 1.67 bits per heavy atom. The van der Waals surface area contributed by atoms with Crippen molar-refractivity contribution in [2.45, 2.75) is 78.0 Å². The van der Waals surface area contributed by atoms with Gasteiger partial charge in [0.15, 0.2) is 0 Å². The van der Waals surface area contributed by atoms with Gasteiger partial charge in [-0.05, 0) is 66.7 Å². The third-order valence-electron chi connectivity index (χ3n) is 9.08. The van der Waals surface area contributed by atoms with Crippen LogP contribution in [0.1, 0.15) is 64.0 Å². The molecule has 2 aliphatic rings. The van der Waals surface area contributed by atoms with E-state index >= 15 is 0 Å². The normalized spacial score (nSPS) is 21.7. The number of hydrogen-bond donors (Lipinski definition) is 2. The predicted molar refractivity (Wildman–Crippen MR) is 167 cm³/mol. The molecule has 1 unspecified atom stereocenters. The van der Waals surface area contributed by atoms with Gasteiger partial charge in [0.1, 0.15) is 18.4 Å². The zero-order valence-electron chi connectivity index (χ0n) is 26.2. The molecule has 1 saturated carbocycles. The summed E-state index contributed by atoms with van der Waals surface area (Å²) < 4.78 is 11.5. The Morgan fingerprint density at radius 1 is 0.953 bits per heavy atom. The Kier molecular flexibility index (Phi) is 12.0. The third-order valence-corrected chi connectivity index (χ3v) is 9.08. The maximum Gasteiger partial charge on any atom is 0.246 e. The highest BCUT2D eigenvalue weighted by molar-refractivity contribution is 5.88. The molecule has 1 heterocycles. The molecular weight excluding hydrogens is 542 g/mol. The summed E-state index contributed by atoms with van der Waals surface area (Å²) in [4.78, 5) is 41.6. The van der Waals surface area contributed by atoms with Crippen molar-refractivity contribution in [3.05, 3.63) is 65.7 Å². The zero-order valence-corrected chi connectivity index (χ0v) is 26.2. The Labute approximate surface area is 256 Å². The van der Waals surface area contributed by atoms with Crippen LogP contribution in [0, 0.1) is 23.7 Å². The number of amides is 3. The van der Waals surface area contributed by atoms with E-state index in [0.717, 1.165) is 29.7 Å². The smallest absolute Gasteiger partial charge is 0.246 e. The minimum Gasteiger partial charge on any atom is -0.497 e. The average Bonchev–Trinajstić information content (AvgIpc) is 3.02. The molecule has 2 aromatic carbocycles. The molecule has 8 heteroatoms. The third kappa shape index (κ3) is 9.55. The van der Waals surface area contributed by atoms with E-state index in [1.807, 2.05) is 54.6 Å². The molecule has 43 heavy (non-hydrogen) atoms. The van der Waals surface area contributed by atoms with Crippen LogP contribution in [-0.4, -0.2) is 61.6 Å². The van der Waals surface area contributed by atoms with E-state index in [9.17, 15) is 14.4 Å². The molecule has 4 rings (SSSR count). The molecule has 1 aliphatic heterocycles. The number of carbonyl (C=O) groups excluding carboxylic acids is 3. The first-order chi connectivity index (χ1) is 20.7. The second kappa shape index (κ2) is 15.9. The summed E-state index contributed by atoms with van der Waals surface area (Å²) >= 11 is 0. The van der Waals surface area contributed by atoms with Crippen molar-refractivity contribution < 1.29 is 23.9 Å². The number of hydrogen-bond acceptors (Lipinski definition) is 5. The fraction of sp³-hybridized carbons (Fsp3) is 0.571. The molecule has 1 aliphatic carbocycles. The van der Waals surface area contributed by atoms with Crippen molar-refractivity contribution in [1.82, 2.24) is 15.5 Å². The van der Waals surface area contributed by atoms with Crippen LogP contribution in [0.15, 0.2) is 54.6 Å². The largest absolute Gasteiger partial charge is 0.497 e. The topological polar surface area (TPSA) is 97.0 Å². The standard InChI is InChI=1S/C35H49N3O5/c1-24(2)30-14-13-25(3)19-32(30)43-23-33(39)37-31(21-26-9-6-5-7-10-26)35(41)38-17-15-28(16-18-38)34(40)36-22-27-11-8-12-29(20-27)42-4/h5-12,20,24-25,28,30-32H,13-19,21-23H2,1-4H3,(H,36,40)(H,37,39)/t25-,30+,31+,32?/m0/s1. The first-order valence-electron chi connectivity index (χ1n) is 15.9. The molecule has 2 aromatic rings. The number of carbonyl (C=O) groups is 3. The monoisotopic (exact) mass is 591 g/mol. The average molecular weight is 592 g/mol. The summed E-state index contributed by atoms with van der Waals surface area (Å²) in [5.41, 5.74) is 1.95. The number of nitrogens with zero attached hydrogens (tertiary/aromatic N) is 1. The van der Waals surface area contributed by atoms with Gasteiger partial charge >= 0.3 is 0 Å². The van der Waals surface area contributed by atoms with Crippen LogP contribution < -0.4 is 15.4 Å². The lowest BCUT2D eigenvalue weighted by Crippen LogP contribution is -2.53. The number of likely N-dealkylation sites (tertiary alicyclic amines) is 1. The Morgan fingerprint density at radius 3 is 2.37 bits per heavy atom. The number of nitrogens with one attached hydrogen (secondary N) is 2. The van der Waals surface area contributed by atoms with Crippen LogP contribution in [0.5, 0.6) is 5.75 Å². The van der Waals surface area contributed by atoms with Crippen LogP contribution in [0.25, 0.3) is 0 Å². The lowest BCUT2D eigenvalue weighted by molar-refractivity contribution is -0.141. The van der Waals surface area contributed by atoms with E-state index in [2.05, 4.69) is 31.4 Å². The highest BCUT2D eigenvalue weighted by Gasteiger charge is 2.34. The molecule has 2 fully saturated rings. The molecule has 2 N–H and O–H groups in total. The van der Waals surface area contributed by atoms with Crippen LogP contribution in [0.3, 0.4) is 0 Å². The number of piperidine rings is 1. The minimum absolute atomic E-state index is 0.00191. The highest BCUT2D eigenvalue weighted by Crippen LogP contribution is 2.35. The molecule has 0 bridgehead atoms. The highest BCUT2D eigenvalue weighted by atomic mass is 16.5. The van der Waals surface area contributed by atoms with Gasteiger partial charge in [0.25, 0.3) is 0 Å². The Hall–Kier alpha value is -3.39. The summed E-state index contributed by atoms with van der Waals surface area (Å²) in [5.74, 6) is 1.75. The number of ether oxygens (including phenoxy) is 2. The van der Waals surface area contributed by atoms with Gasteiger partial charge in [-0.15, -0.1) is 0 Å². The van der Waals surface area contributed by atoms with E-state index in [-0.39, 0.29) is 36.4 Å². The summed E-state index contributed by atoms with van der Waals surface area (Å²) in [6, 6.07) is 16.7. The molecule has 1 saturated heterocycles. The second-order valence-electron chi connectivity index (χ2n) is 12.7. The van der Waals surface area contributed by atoms with Crippen LogP contribution in [0.2, 0.25) is 0 Å². The number of benzene rings is 2. The molecule has 8 nitrogen and oxygen atoms in total. The van der Waals surface area contributed by atoms with Crippen molar-refractivity contribution >= 4 is 17.7 Å². The fourth-order valence-corrected chi connectivity index (χ4v) is 6.47. The molecular formula is C35H49N3O5. The summed E-state index contributed by atoms with van der Waals surface area (Å²) in [5, 5.41) is 6.02. The van der Waals surface area contributed by atoms with Gasteiger partial charge in [0, 0.05) is 32.0 Å². The molecule has 3 amide bonds. The van der Waals surface area contributed by atoms with Gasteiger partial charge in [-0.25, -0.2) is 0 Å². The van der Waals surface area contributed by atoms with Crippen LogP contribution in [-0.2, 0) is 32.1 Å². The van der Waals surface area contributed by atoms with Crippen molar-refractivity contribution in [2.75, 3.05) is 26.8 Å². The summed E-state index contributed by atoms with van der Waals surface area (Å²) in [6.45, 7) is 8.02. The SMILES string of the molecule is COc1cccc(CNC(=O)C2CCN(C(=O)[C@@H](Cc3ccccc3)NC(=O)COC3C[C@@H](C)CC[C@@H]3C(C)C)CC2)c1. The van der Waals surface area contributed by atoms with E-state index < -0.39 is 6.04 Å². The van der Waals surface area contributed by atoms with E-state index in [1.54, 1.807) is 12.0 Å². The van der Waals surface area contributed by atoms with Crippen LogP contribution in [0.4, 0.5) is 0 Å². The minimum atomic E-state index is -0.692. The van der Waals surface area contributed by atoms with Gasteiger partial charge in [-0.2, -0.15) is 0 Å². The van der Waals surface area contributed by atoms with Gasteiger partial charge in [-0.3, -0.25) is 14.4 Å². The molecule has 234 valence electrons. The molecule has 0 aromatic heterocycles. The lowest BCUT2D eigenvalue weighted by Gasteiger charge is -2.37. The van der Waals surface area contributed by atoms with E-state index in [0.29, 0.717) is 56.7 Å². The van der Waals surface area contributed by atoms with Crippen LogP contribution >= 0.6 is 0 Å². The lowest BCUT2D eigenvalue weighted by atomic mass is 9.75. The Bertz CT molecular complexity index is 1190. The fourth-order valence-electron chi connectivity index (χ4n) is 6.47. The first-order valence-corrected chi connectivity index (χ1v) is 15.9. The molecule has 4 atom stereocenters. The summed E-state index contributed by atoms with van der Waals surface area (Å²) in [6.07, 6.45) is 4.92. The first kappa shape index (κ1) is 32.5. The van der Waals surface area contributed by atoms with Crippen molar-refractivity contribution in [3.8, 4) is 5.75 Å². The predicted octanol–water partition coefficient (Wildman–Crippen LogP) is 4.75. The van der Waals surface area contributed by atoms with E-state index in [1.165, 1.54) is 6.42 Å². The van der Waals surface area contributed by atoms with Gasteiger partial charge in [0.05, 0.1) is 13.2 Å². The maximum atomic E-state index is 13.7. The number of methoxy groups -OCH3 is 1. The van der Waals surface area contributed by atoms with Crippen molar-refractivity contribution in [3.63, 3.8) is 0 Å².